The van der Waals surface area contributed by atoms with Gasteiger partial charge in [-0.15, -0.1) is 0 Å². The first kappa shape index (κ1) is 12.6. The molecule has 0 atom stereocenters. The summed E-state index contributed by atoms with van der Waals surface area (Å²) in [6, 6.07) is 7.68. The highest BCUT2D eigenvalue weighted by atomic mass is 32.1. The molecule has 0 unspecified atom stereocenters. The lowest BCUT2D eigenvalue weighted by molar-refractivity contribution is 0.481. The van der Waals surface area contributed by atoms with E-state index in [-0.39, 0.29) is 0 Å². The lowest BCUT2D eigenvalue weighted by atomic mass is 10.3. The summed E-state index contributed by atoms with van der Waals surface area (Å²) in [5, 5.41) is 0. The first-order chi connectivity index (χ1) is 8.56. The molecule has 0 aliphatic carbocycles. The van der Waals surface area contributed by atoms with E-state index in [0.717, 1.165) is 22.9 Å². The van der Waals surface area contributed by atoms with Crippen LogP contribution in [0.25, 0.3) is 0 Å². The number of aryl methyl sites for hydroxylation is 1. The minimum Gasteiger partial charge on any atom is -0.464 e. The van der Waals surface area contributed by atoms with Crippen LogP contribution in [0.3, 0.4) is 0 Å². The highest BCUT2D eigenvalue weighted by molar-refractivity contribution is 7.80. The molecule has 0 saturated carbocycles. The average Bonchev–Trinajstić information content (AvgIpc) is 2.75. The maximum atomic E-state index is 5.53. The zero-order valence-corrected chi connectivity index (χ0v) is 11.2. The van der Waals surface area contributed by atoms with E-state index in [0.29, 0.717) is 11.5 Å². The molecule has 18 heavy (non-hydrogen) atoms. The van der Waals surface area contributed by atoms with Crippen molar-refractivity contribution in [1.82, 2.24) is 4.98 Å². The Balaban J connectivity index is 2.09. The van der Waals surface area contributed by atoms with E-state index < -0.39 is 0 Å². The summed E-state index contributed by atoms with van der Waals surface area (Å²) < 4.78 is 5.53. The largest absolute Gasteiger partial charge is 0.464 e. The van der Waals surface area contributed by atoms with Crippen LogP contribution < -0.4 is 10.6 Å². The van der Waals surface area contributed by atoms with Crippen molar-refractivity contribution in [3.63, 3.8) is 0 Å². The van der Waals surface area contributed by atoms with Gasteiger partial charge in [0.15, 0.2) is 0 Å². The molecule has 4 nitrogen and oxygen atoms in total. The molecule has 2 aromatic rings. The summed E-state index contributed by atoms with van der Waals surface area (Å²) in [5.74, 6) is 2.68. The van der Waals surface area contributed by atoms with E-state index >= 15 is 0 Å². The maximum Gasteiger partial charge on any atom is 0.128 e. The van der Waals surface area contributed by atoms with Gasteiger partial charge < -0.3 is 15.1 Å². The zero-order chi connectivity index (χ0) is 13.1. The number of anilines is 1. The fourth-order valence-corrected chi connectivity index (χ4v) is 1.76. The molecule has 0 bridgehead atoms. The van der Waals surface area contributed by atoms with E-state index in [4.69, 9.17) is 22.4 Å². The minimum absolute atomic E-state index is 0.360. The van der Waals surface area contributed by atoms with Crippen LogP contribution in [0.4, 0.5) is 5.82 Å². The van der Waals surface area contributed by atoms with Crippen molar-refractivity contribution in [3.05, 3.63) is 47.5 Å². The number of pyridine rings is 1. The second-order valence-electron chi connectivity index (χ2n) is 4.14. The quantitative estimate of drug-likeness (QED) is 0.855. The molecule has 0 saturated heterocycles. The van der Waals surface area contributed by atoms with Gasteiger partial charge in [-0.1, -0.05) is 12.2 Å². The molecule has 2 N–H and O–H groups in total. The first-order valence-corrected chi connectivity index (χ1v) is 5.99. The predicted molar refractivity (Wildman–Crippen MR) is 75.7 cm³/mol. The summed E-state index contributed by atoms with van der Waals surface area (Å²) in [6.07, 6.45) is 1.68. The number of aromatic nitrogens is 1. The van der Waals surface area contributed by atoms with Crippen LogP contribution in [0.15, 0.2) is 34.9 Å². The lowest BCUT2D eigenvalue weighted by Crippen LogP contribution is -2.18. The molecule has 0 aromatic carbocycles. The van der Waals surface area contributed by atoms with Crippen molar-refractivity contribution < 1.29 is 4.42 Å². The van der Waals surface area contributed by atoms with Crippen molar-refractivity contribution in [2.24, 2.45) is 5.73 Å². The van der Waals surface area contributed by atoms with Gasteiger partial charge >= 0.3 is 0 Å². The Kier molecular flexibility index (Phi) is 3.62. The summed E-state index contributed by atoms with van der Waals surface area (Å²) in [7, 11) is 1.96. The molecular weight excluding hydrogens is 246 g/mol. The SMILES string of the molecule is Cc1ccc(CN(C)c2ccc(C(N)=S)cn2)o1. The number of thiocarbonyl (C=S) groups is 1. The molecular formula is C13H15N3OS. The van der Waals surface area contributed by atoms with Crippen LogP contribution in [-0.2, 0) is 6.54 Å². The monoisotopic (exact) mass is 261 g/mol. The fourth-order valence-electron chi connectivity index (χ4n) is 1.64. The summed E-state index contributed by atoms with van der Waals surface area (Å²) in [4.78, 5) is 6.68. The Morgan fingerprint density at radius 1 is 1.39 bits per heavy atom. The normalized spacial score (nSPS) is 10.3. The Labute approximate surface area is 111 Å². The molecule has 2 aromatic heterocycles. The Morgan fingerprint density at radius 2 is 2.17 bits per heavy atom. The second-order valence-corrected chi connectivity index (χ2v) is 4.58. The minimum atomic E-state index is 0.360. The van der Waals surface area contributed by atoms with E-state index in [9.17, 15) is 0 Å². The van der Waals surface area contributed by atoms with Crippen LogP contribution in [0.1, 0.15) is 17.1 Å². The van der Waals surface area contributed by atoms with Crippen molar-refractivity contribution in [3.8, 4) is 0 Å². The Hall–Kier alpha value is -1.88. The standard InChI is InChI=1S/C13H15N3OS/c1-9-3-5-11(17-9)8-16(2)12-6-4-10(7-15-12)13(14)18/h3-7H,8H2,1-2H3,(H2,14,18). The maximum absolute atomic E-state index is 5.53. The summed E-state index contributed by atoms with van der Waals surface area (Å²) >= 11 is 4.89. The van der Waals surface area contributed by atoms with E-state index in [1.54, 1.807) is 6.20 Å². The number of rotatable bonds is 4. The molecule has 0 amide bonds. The molecule has 0 aliphatic heterocycles. The smallest absolute Gasteiger partial charge is 0.128 e. The molecule has 2 heterocycles. The third-order valence-electron chi connectivity index (χ3n) is 2.61. The van der Waals surface area contributed by atoms with E-state index in [2.05, 4.69) is 4.98 Å². The van der Waals surface area contributed by atoms with Crippen LogP contribution in [0.5, 0.6) is 0 Å². The zero-order valence-electron chi connectivity index (χ0n) is 10.4. The third kappa shape index (κ3) is 2.87. The van der Waals surface area contributed by atoms with Gasteiger partial charge in [-0.3, -0.25) is 0 Å². The lowest BCUT2D eigenvalue weighted by Gasteiger charge is -2.16. The molecule has 94 valence electrons. The van der Waals surface area contributed by atoms with Gasteiger partial charge in [0.1, 0.15) is 22.3 Å². The van der Waals surface area contributed by atoms with E-state index in [1.165, 1.54) is 0 Å². The van der Waals surface area contributed by atoms with Gasteiger partial charge in [0.05, 0.1) is 6.54 Å². The predicted octanol–water partition coefficient (Wildman–Crippen LogP) is 2.25. The number of nitrogens with two attached hydrogens (primary N) is 1. The molecule has 2 rings (SSSR count). The van der Waals surface area contributed by atoms with Crippen molar-refractivity contribution in [2.75, 3.05) is 11.9 Å². The molecule has 0 radical (unpaired) electrons. The number of hydrogen-bond acceptors (Lipinski definition) is 4. The molecule has 0 spiro atoms. The van der Waals surface area contributed by atoms with Crippen molar-refractivity contribution in [1.29, 1.82) is 0 Å². The van der Waals surface area contributed by atoms with Gasteiger partial charge in [-0.25, -0.2) is 4.98 Å². The van der Waals surface area contributed by atoms with Gasteiger partial charge in [-0.2, -0.15) is 0 Å². The van der Waals surface area contributed by atoms with Crippen LogP contribution >= 0.6 is 12.2 Å². The van der Waals surface area contributed by atoms with Crippen molar-refractivity contribution >= 4 is 23.0 Å². The highest BCUT2D eigenvalue weighted by Gasteiger charge is 2.06. The topological polar surface area (TPSA) is 55.3 Å². The van der Waals surface area contributed by atoms with E-state index in [1.807, 2.05) is 43.1 Å². The number of hydrogen-bond donors (Lipinski definition) is 1. The van der Waals surface area contributed by atoms with Crippen LogP contribution in [0.2, 0.25) is 0 Å². The number of furan rings is 1. The van der Waals surface area contributed by atoms with Gasteiger partial charge in [-0.05, 0) is 31.2 Å². The Bertz CT molecular complexity index is 548. The van der Waals surface area contributed by atoms with Crippen molar-refractivity contribution in [2.45, 2.75) is 13.5 Å². The van der Waals surface area contributed by atoms with Gasteiger partial charge in [0.25, 0.3) is 0 Å². The summed E-state index contributed by atoms with van der Waals surface area (Å²) in [5.41, 5.74) is 6.30. The van der Waals surface area contributed by atoms with Gasteiger partial charge in [0.2, 0.25) is 0 Å². The Morgan fingerprint density at radius 3 is 2.67 bits per heavy atom. The summed E-state index contributed by atoms with van der Waals surface area (Å²) in [6.45, 7) is 2.60. The van der Waals surface area contributed by atoms with Crippen LogP contribution in [0, 0.1) is 6.92 Å². The molecule has 5 heteroatoms. The van der Waals surface area contributed by atoms with Crippen LogP contribution in [-0.4, -0.2) is 17.0 Å². The average molecular weight is 261 g/mol. The molecule has 0 aliphatic rings. The second kappa shape index (κ2) is 5.18. The fraction of sp³-hybridized carbons (Fsp3) is 0.231. The highest BCUT2D eigenvalue weighted by Crippen LogP contribution is 2.14. The first-order valence-electron chi connectivity index (χ1n) is 5.58. The van der Waals surface area contributed by atoms with Gasteiger partial charge in [0, 0.05) is 18.8 Å². The number of nitrogens with zero attached hydrogens (tertiary/aromatic N) is 2. The third-order valence-corrected chi connectivity index (χ3v) is 2.85. The molecule has 0 fully saturated rings.